The number of hydrogen-bond donors (Lipinski definition) is 0. The molecule has 92 valence electrons. The van der Waals surface area contributed by atoms with Gasteiger partial charge in [-0.05, 0) is 26.3 Å². The molecule has 1 aromatic carbocycles. The predicted molar refractivity (Wildman–Crippen MR) is 65.9 cm³/mol. The van der Waals surface area contributed by atoms with E-state index in [0.717, 1.165) is 11.1 Å². The van der Waals surface area contributed by atoms with Crippen LogP contribution in [0, 0.1) is 6.92 Å². The van der Waals surface area contributed by atoms with E-state index in [1.807, 2.05) is 31.2 Å². The van der Waals surface area contributed by atoms with Crippen LogP contribution in [0.4, 0.5) is 0 Å². The summed E-state index contributed by atoms with van der Waals surface area (Å²) in [6.07, 6.45) is 0.197. The molecule has 3 heteroatoms. The van der Waals surface area contributed by atoms with Crippen molar-refractivity contribution in [2.24, 2.45) is 0 Å². The summed E-state index contributed by atoms with van der Waals surface area (Å²) in [7, 11) is 0. The highest BCUT2D eigenvalue weighted by molar-refractivity contribution is 5.86. The first kappa shape index (κ1) is 13.4. The quantitative estimate of drug-likeness (QED) is 0.735. The minimum absolute atomic E-state index is 0.00967. The molecule has 0 aliphatic carbocycles. The maximum absolute atomic E-state index is 11.8. The van der Waals surface area contributed by atoms with E-state index in [1.165, 1.54) is 6.92 Å². The highest BCUT2D eigenvalue weighted by atomic mass is 16.5. The minimum atomic E-state index is -0.479. The van der Waals surface area contributed by atoms with Crippen LogP contribution >= 0.6 is 0 Å². The number of benzene rings is 1. The van der Waals surface area contributed by atoms with Crippen LogP contribution in [-0.4, -0.2) is 18.4 Å². The van der Waals surface area contributed by atoms with Crippen LogP contribution in [0.1, 0.15) is 37.3 Å². The van der Waals surface area contributed by atoms with Crippen molar-refractivity contribution in [1.82, 2.24) is 0 Å². The predicted octanol–water partition coefficient (Wildman–Crippen LogP) is 2.62. The van der Waals surface area contributed by atoms with Gasteiger partial charge in [-0.3, -0.25) is 9.59 Å². The molecular formula is C14H18O3. The summed E-state index contributed by atoms with van der Waals surface area (Å²) in [5.41, 5.74) is 1.92. The van der Waals surface area contributed by atoms with Gasteiger partial charge in [0.2, 0.25) is 0 Å². The first-order chi connectivity index (χ1) is 8.04. The van der Waals surface area contributed by atoms with Crippen molar-refractivity contribution < 1.29 is 14.3 Å². The van der Waals surface area contributed by atoms with E-state index in [1.54, 1.807) is 6.92 Å². The van der Waals surface area contributed by atoms with Crippen molar-refractivity contribution in [3.05, 3.63) is 35.4 Å². The lowest BCUT2D eigenvalue weighted by molar-refractivity contribution is -0.146. The Hall–Kier alpha value is -1.64. The Kier molecular flexibility index (Phi) is 4.88. The molecule has 0 amide bonds. The van der Waals surface area contributed by atoms with Gasteiger partial charge in [0.25, 0.3) is 0 Å². The van der Waals surface area contributed by atoms with Gasteiger partial charge in [-0.1, -0.05) is 29.8 Å². The fourth-order valence-corrected chi connectivity index (χ4v) is 1.75. The molecule has 3 nitrogen and oxygen atoms in total. The lowest BCUT2D eigenvalue weighted by Gasteiger charge is -2.15. The van der Waals surface area contributed by atoms with Crippen molar-refractivity contribution in [2.75, 3.05) is 6.61 Å². The van der Waals surface area contributed by atoms with Crippen LogP contribution in [0.2, 0.25) is 0 Å². The van der Waals surface area contributed by atoms with Crippen LogP contribution in [0.15, 0.2) is 24.3 Å². The number of carbonyl (C=O) groups is 2. The smallest absolute Gasteiger partial charge is 0.313 e. The van der Waals surface area contributed by atoms with Gasteiger partial charge >= 0.3 is 5.97 Å². The van der Waals surface area contributed by atoms with Crippen molar-refractivity contribution in [1.29, 1.82) is 0 Å². The van der Waals surface area contributed by atoms with Crippen LogP contribution in [0.25, 0.3) is 0 Å². The number of carbonyl (C=O) groups excluding carboxylic acids is 2. The van der Waals surface area contributed by atoms with E-state index < -0.39 is 5.92 Å². The Morgan fingerprint density at radius 2 is 2.06 bits per heavy atom. The normalized spacial score (nSPS) is 11.9. The molecule has 0 aliphatic rings. The monoisotopic (exact) mass is 234 g/mol. The number of ketones is 1. The number of hydrogen-bond acceptors (Lipinski definition) is 3. The van der Waals surface area contributed by atoms with E-state index in [9.17, 15) is 9.59 Å². The first-order valence-electron chi connectivity index (χ1n) is 5.77. The number of esters is 1. The second-order valence-corrected chi connectivity index (χ2v) is 4.12. The van der Waals surface area contributed by atoms with Gasteiger partial charge in [0.05, 0.1) is 12.5 Å². The molecule has 0 fully saturated rings. The summed E-state index contributed by atoms with van der Waals surface area (Å²) in [4.78, 5) is 23.0. The zero-order valence-corrected chi connectivity index (χ0v) is 10.5. The van der Waals surface area contributed by atoms with Gasteiger partial charge in [-0.15, -0.1) is 0 Å². The maximum atomic E-state index is 11.8. The average Bonchev–Trinajstić information content (AvgIpc) is 2.26. The van der Waals surface area contributed by atoms with Crippen molar-refractivity contribution >= 4 is 11.8 Å². The number of ether oxygens (including phenoxy) is 1. The lowest BCUT2D eigenvalue weighted by atomic mass is 9.93. The molecule has 1 aromatic rings. The van der Waals surface area contributed by atoms with E-state index >= 15 is 0 Å². The van der Waals surface area contributed by atoms with E-state index in [0.29, 0.717) is 6.61 Å². The summed E-state index contributed by atoms with van der Waals surface area (Å²) in [6.45, 7) is 5.54. The number of rotatable bonds is 5. The zero-order valence-electron chi connectivity index (χ0n) is 10.5. The minimum Gasteiger partial charge on any atom is -0.466 e. The average molecular weight is 234 g/mol. The molecule has 0 saturated heterocycles. The maximum Gasteiger partial charge on any atom is 0.313 e. The molecule has 17 heavy (non-hydrogen) atoms. The molecule has 0 aromatic heterocycles. The molecule has 0 spiro atoms. The fraction of sp³-hybridized carbons (Fsp3) is 0.429. The van der Waals surface area contributed by atoms with E-state index in [2.05, 4.69) is 0 Å². The Morgan fingerprint density at radius 1 is 1.35 bits per heavy atom. The summed E-state index contributed by atoms with van der Waals surface area (Å²) in [6, 6.07) is 7.62. The van der Waals surface area contributed by atoms with E-state index in [-0.39, 0.29) is 18.2 Å². The molecule has 0 heterocycles. The van der Waals surface area contributed by atoms with Crippen molar-refractivity contribution in [3.8, 4) is 0 Å². The summed E-state index contributed by atoms with van der Waals surface area (Å²) >= 11 is 0. The van der Waals surface area contributed by atoms with Crippen LogP contribution in [-0.2, 0) is 14.3 Å². The van der Waals surface area contributed by atoms with Crippen molar-refractivity contribution in [3.63, 3.8) is 0 Å². The Labute approximate surface area is 102 Å². The number of Topliss-reactive ketones (excluding diaryl/α,β-unsaturated/α-hetero) is 1. The zero-order chi connectivity index (χ0) is 12.8. The highest BCUT2D eigenvalue weighted by Gasteiger charge is 2.23. The van der Waals surface area contributed by atoms with Gasteiger partial charge < -0.3 is 4.74 Å². The van der Waals surface area contributed by atoms with Crippen LogP contribution in [0.3, 0.4) is 0 Å². The van der Waals surface area contributed by atoms with Gasteiger partial charge in [0.1, 0.15) is 5.78 Å². The second-order valence-electron chi connectivity index (χ2n) is 4.12. The molecule has 1 atom stereocenters. The summed E-state index contributed by atoms with van der Waals surface area (Å²) < 4.78 is 5.01. The lowest BCUT2D eigenvalue weighted by Crippen LogP contribution is -2.18. The number of aryl methyl sites for hydroxylation is 1. The first-order valence-corrected chi connectivity index (χ1v) is 5.77. The SMILES string of the molecule is CCOC(=O)C(CC(C)=O)c1cccc(C)c1. The molecule has 0 N–H and O–H groups in total. The topological polar surface area (TPSA) is 43.4 Å². The Balaban J connectivity index is 2.97. The molecule has 1 unspecified atom stereocenters. The molecule has 0 aliphatic heterocycles. The Morgan fingerprint density at radius 3 is 2.59 bits per heavy atom. The van der Waals surface area contributed by atoms with Crippen molar-refractivity contribution in [2.45, 2.75) is 33.1 Å². The molecule has 0 bridgehead atoms. The summed E-state index contributed by atoms with van der Waals surface area (Å²) in [5, 5.41) is 0. The third-order valence-corrected chi connectivity index (χ3v) is 2.51. The molecule has 0 radical (unpaired) electrons. The van der Waals surface area contributed by atoms with Gasteiger partial charge in [-0.25, -0.2) is 0 Å². The third kappa shape index (κ3) is 4.02. The van der Waals surface area contributed by atoms with Gasteiger partial charge in [0.15, 0.2) is 0 Å². The fourth-order valence-electron chi connectivity index (χ4n) is 1.75. The molecular weight excluding hydrogens is 216 g/mol. The second kappa shape index (κ2) is 6.18. The van der Waals surface area contributed by atoms with Crippen LogP contribution < -0.4 is 0 Å². The molecule has 0 saturated carbocycles. The van der Waals surface area contributed by atoms with Gasteiger partial charge in [-0.2, -0.15) is 0 Å². The third-order valence-electron chi connectivity index (χ3n) is 2.51. The Bertz CT molecular complexity index is 410. The largest absolute Gasteiger partial charge is 0.466 e. The summed E-state index contributed by atoms with van der Waals surface area (Å²) in [5.74, 6) is -0.815. The standard InChI is InChI=1S/C14H18O3/c1-4-17-14(16)13(9-11(3)15)12-7-5-6-10(2)8-12/h5-8,13H,4,9H2,1-3H3. The van der Waals surface area contributed by atoms with E-state index in [4.69, 9.17) is 4.74 Å². The van der Waals surface area contributed by atoms with Gasteiger partial charge in [0, 0.05) is 6.42 Å². The molecule has 1 rings (SSSR count). The highest BCUT2D eigenvalue weighted by Crippen LogP contribution is 2.22. The van der Waals surface area contributed by atoms with Crippen LogP contribution in [0.5, 0.6) is 0 Å².